The van der Waals surface area contributed by atoms with Crippen LogP contribution in [-0.4, -0.2) is 48.2 Å². The van der Waals surface area contributed by atoms with Crippen LogP contribution in [0.15, 0.2) is 429 Å². The molecule has 130 heavy (non-hydrogen) atoms. The van der Waals surface area contributed by atoms with E-state index in [1.165, 1.54) is 58.4 Å². The molecule has 12 heteroatoms. The van der Waals surface area contributed by atoms with E-state index in [-0.39, 0.29) is 0 Å². The van der Waals surface area contributed by atoms with Crippen LogP contribution < -0.4 is 0 Å². The van der Waals surface area contributed by atoms with Crippen molar-refractivity contribution in [2.24, 2.45) is 0 Å². The maximum absolute atomic E-state index is 6.20. The summed E-state index contributed by atoms with van der Waals surface area (Å²) in [5, 5.41) is 23.2. The number of hydrogen-bond acceptors (Lipinski definition) is 8. The maximum Gasteiger partial charge on any atom is 0.238 e. The van der Waals surface area contributed by atoms with Gasteiger partial charge in [0.05, 0.1) is 54.5 Å². The molecule has 0 unspecified atom stereocenters. The Bertz CT molecular complexity index is 9410. The maximum atomic E-state index is 6.20. The number of furan rings is 1. The van der Waals surface area contributed by atoms with Gasteiger partial charge in [-0.15, -0.1) is 11.3 Å². The quantitative estimate of drug-likeness (QED) is 0.134. The van der Waals surface area contributed by atoms with Crippen molar-refractivity contribution < 1.29 is 4.42 Å². The molecule has 0 atom stereocenters. The van der Waals surface area contributed by atoms with Gasteiger partial charge < -0.3 is 13.6 Å². The summed E-state index contributed by atoms with van der Waals surface area (Å²) < 4.78 is 18.1. The monoisotopic (exact) mass is 1670 g/mol. The molecule has 0 saturated heterocycles. The molecule has 0 saturated carbocycles. The van der Waals surface area contributed by atoms with Crippen molar-refractivity contribution in [1.29, 1.82) is 0 Å². The lowest BCUT2D eigenvalue weighted by atomic mass is 10.0. The molecule has 0 bridgehead atoms. The average Bonchev–Trinajstić information content (AvgIpc) is 1.60. The van der Waals surface area contributed by atoms with Gasteiger partial charge in [0.15, 0.2) is 23.3 Å². The van der Waals surface area contributed by atoms with E-state index in [1.807, 2.05) is 23.5 Å². The molecular formula is C118H70N10OS. The van der Waals surface area contributed by atoms with E-state index in [2.05, 4.69) is 431 Å². The molecule has 0 N–H and O–H groups in total. The number of rotatable bonds is 10. The highest BCUT2D eigenvalue weighted by Gasteiger charge is 2.26. The van der Waals surface area contributed by atoms with Crippen LogP contribution in [0.3, 0.4) is 0 Å². The second-order valence-electron chi connectivity index (χ2n) is 33.5. The number of aromatic nitrogens is 10. The first-order valence-corrected chi connectivity index (χ1v) is 44.7. The van der Waals surface area contributed by atoms with Gasteiger partial charge in [0.2, 0.25) is 11.9 Å². The van der Waals surface area contributed by atoms with Crippen LogP contribution in [0, 0.1) is 0 Å². The van der Waals surface area contributed by atoms with E-state index in [0.717, 1.165) is 170 Å². The summed E-state index contributed by atoms with van der Waals surface area (Å²) in [5.74, 6) is 3.67. The normalized spacial score (nSPS) is 12.0. The van der Waals surface area contributed by atoms with Gasteiger partial charge in [-0.3, -0.25) is 9.13 Å². The van der Waals surface area contributed by atoms with Crippen molar-refractivity contribution in [3.63, 3.8) is 0 Å². The van der Waals surface area contributed by atoms with Crippen LogP contribution in [0.4, 0.5) is 0 Å². The third-order valence-electron chi connectivity index (χ3n) is 26.4. The number of fused-ring (bicyclic) bond motifs is 22. The number of para-hydroxylation sites is 5. The molecule has 28 rings (SSSR count). The first kappa shape index (κ1) is 73.1. The Labute approximate surface area is 746 Å². The number of hydrogen-bond donors (Lipinski definition) is 0. The van der Waals surface area contributed by atoms with Crippen LogP contribution in [0.5, 0.6) is 0 Å². The zero-order chi connectivity index (χ0) is 85.2. The fourth-order valence-electron chi connectivity index (χ4n) is 20.4. The molecule has 604 valence electrons. The van der Waals surface area contributed by atoms with E-state index in [0.29, 0.717) is 35.2 Å². The first-order chi connectivity index (χ1) is 64.4. The Morgan fingerprint density at radius 1 is 0.192 bits per heavy atom. The van der Waals surface area contributed by atoms with Gasteiger partial charge in [-0.25, -0.2) is 9.97 Å². The van der Waals surface area contributed by atoms with Crippen molar-refractivity contribution in [3.05, 3.63) is 425 Å². The van der Waals surface area contributed by atoms with Crippen molar-refractivity contribution >= 4 is 184 Å². The molecule has 0 fully saturated rings. The summed E-state index contributed by atoms with van der Waals surface area (Å²) in [4.78, 5) is 31.9. The largest absolute Gasteiger partial charge is 0.456 e. The molecular weight excluding hydrogens is 1610 g/mol. The van der Waals surface area contributed by atoms with Gasteiger partial charge in [0.1, 0.15) is 11.2 Å². The molecule has 0 aliphatic rings. The molecule has 8 aromatic heterocycles. The van der Waals surface area contributed by atoms with E-state index < -0.39 is 0 Å². The van der Waals surface area contributed by atoms with Gasteiger partial charge in [-0.05, 0) is 175 Å². The lowest BCUT2D eigenvalue weighted by molar-refractivity contribution is 0.669. The van der Waals surface area contributed by atoms with E-state index in [1.54, 1.807) is 0 Å². The standard InChI is InChI=1S/C59H35N5O.C59H35N5S/c1-3-17-41-36(13-1)15-11-22-46(41)57-60-58(47-23-12-16-37-14-2-4-18-42(37)47)62-59(61-57)64-52-25-9-6-20-44(52)49-34-39(28-31-54(49)64)38-27-30-53-48(33-38)43-19-5-8-24-51(43)63(53)40-29-32-56-50(35-40)45-21-7-10-26-55(45)65-56;1-3-18-40-36(14-1)16-11-24-46(40)57-60-58(47-25-12-17-37-15-2-4-19-41(37)47)62-59(61-57)64-51-27-9-6-21-43(51)49-35-39(31-33-53(49)64)38-30-32-52-48(34-38)42-20-5-8-26-50(42)63(52)54-28-13-23-45-44-22-7-10-29-55(44)65-56(45)54/h2*1-35H. The third-order valence-corrected chi connectivity index (χ3v) is 27.6. The lowest BCUT2D eigenvalue weighted by Gasteiger charge is -2.13. The van der Waals surface area contributed by atoms with Crippen LogP contribution in [-0.2, 0) is 0 Å². The lowest BCUT2D eigenvalue weighted by Crippen LogP contribution is -2.06. The molecule has 20 aromatic carbocycles. The summed E-state index contributed by atoms with van der Waals surface area (Å²) in [6, 6.07) is 151. The molecule has 0 aliphatic carbocycles. The minimum atomic E-state index is 0.570. The summed E-state index contributed by atoms with van der Waals surface area (Å²) in [6.45, 7) is 0. The Morgan fingerprint density at radius 3 is 0.931 bits per heavy atom. The second kappa shape index (κ2) is 29.1. The smallest absolute Gasteiger partial charge is 0.238 e. The minimum absolute atomic E-state index is 0.570. The number of thiophene rings is 1. The highest BCUT2D eigenvalue weighted by atomic mass is 32.1. The van der Waals surface area contributed by atoms with Gasteiger partial charge in [0, 0.05) is 97.3 Å². The van der Waals surface area contributed by atoms with Crippen LogP contribution in [0.2, 0.25) is 0 Å². The van der Waals surface area contributed by atoms with Gasteiger partial charge >= 0.3 is 0 Å². The average molecular weight is 1680 g/mol. The van der Waals surface area contributed by atoms with Gasteiger partial charge in [-0.1, -0.05) is 315 Å². The molecule has 28 aromatic rings. The van der Waals surface area contributed by atoms with Crippen LogP contribution in [0.25, 0.3) is 264 Å². The zero-order valence-electron chi connectivity index (χ0n) is 69.7. The summed E-state index contributed by atoms with van der Waals surface area (Å²) >= 11 is 1.87. The zero-order valence-corrected chi connectivity index (χ0v) is 70.5. The Morgan fingerprint density at radius 2 is 0.500 bits per heavy atom. The van der Waals surface area contributed by atoms with Crippen LogP contribution in [0.1, 0.15) is 0 Å². The van der Waals surface area contributed by atoms with Crippen molar-refractivity contribution in [2.45, 2.75) is 0 Å². The molecule has 11 nitrogen and oxygen atoms in total. The number of nitrogens with zero attached hydrogens (tertiary/aromatic N) is 10. The van der Waals surface area contributed by atoms with Crippen molar-refractivity contribution in [2.75, 3.05) is 0 Å². The van der Waals surface area contributed by atoms with E-state index >= 15 is 0 Å². The Kier molecular flexibility index (Phi) is 16.4. The van der Waals surface area contributed by atoms with Crippen molar-refractivity contribution in [3.8, 4) is 91.1 Å². The molecule has 0 radical (unpaired) electrons. The SMILES string of the molecule is c1ccc2c(-c3nc(-c4cccc5ccccc45)nc(-n4c5ccccc5c5cc(-c6ccc7c(c6)c6ccccc6n7-c6ccc7oc8ccccc8c7c6)ccc54)n3)cccc2c1.c1ccc2c(-c3nc(-c4cccc5ccccc45)nc(-n4c5ccccc5c5cc(-c6ccc7c(c6)c6ccccc6n7-c6cccc7c6sc6ccccc67)ccc54)n3)cccc2c1. The Balaban J connectivity index is 0.000000134. The highest BCUT2D eigenvalue weighted by molar-refractivity contribution is 7.26. The molecule has 8 heterocycles. The predicted octanol–water partition coefficient (Wildman–Crippen LogP) is 31.0. The van der Waals surface area contributed by atoms with Crippen LogP contribution >= 0.6 is 11.3 Å². The van der Waals surface area contributed by atoms with E-state index in [4.69, 9.17) is 34.3 Å². The van der Waals surface area contributed by atoms with Gasteiger partial charge in [0.25, 0.3) is 0 Å². The van der Waals surface area contributed by atoms with Gasteiger partial charge in [-0.2, -0.15) is 19.9 Å². The predicted molar refractivity (Wildman–Crippen MR) is 540 cm³/mol. The molecule has 0 aliphatic heterocycles. The fraction of sp³-hybridized carbons (Fsp3) is 0. The number of benzene rings is 20. The molecule has 0 amide bonds. The third kappa shape index (κ3) is 11.5. The highest BCUT2D eigenvalue weighted by Crippen LogP contribution is 2.47. The molecule has 0 spiro atoms. The Hall–Kier alpha value is -17.3. The minimum Gasteiger partial charge on any atom is -0.456 e. The van der Waals surface area contributed by atoms with Crippen molar-refractivity contribution in [1.82, 2.24) is 48.2 Å². The second-order valence-corrected chi connectivity index (χ2v) is 34.6. The summed E-state index contributed by atoms with van der Waals surface area (Å²) in [6.07, 6.45) is 0. The summed E-state index contributed by atoms with van der Waals surface area (Å²) in [5.41, 5.74) is 21.4. The summed E-state index contributed by atoms with van der Waals surface area (Å²) in [7, 11) is 0. The fourth-order valence-corrected chi connectivity index (χ4v) is 21.6. The first-order valence-electron chi connectivity index (χ1n) is 43.9. The topological polar surface area (TPSA) is 110 Å². The van der Waals surface area contributed by atoms with E-state index in [9.17, 15) is 0 Å².